The van der Waals surface area contributed by atoms with Crippen molar-refractivity contribution in [2.45, 2.75) is 71.1 Å². The summed E-state index contributed by atoms with van der Waals surface area (Å²) < 4.78 is 11.4. The van der Waals surface area contributed by atoms with Crippen LogP contribution in [0.3, 0.4) is 0 Å². The molecule has 1 fully saturated rings. The predicted molar refractivity (Wildman–Crippen MR) is 127 cm³/mol. The number of nitriles is 1. The summed E-state index contributed by atoms with van der Waals surface area (Å²) in [5.41, 5.74) is 2.17. The first-order chi connectivity index (χ1) is 15.7. The van der Waals surface area contributed by atoms with Crippen molar-refractivity contribution in [3.63, 3.8) is 0 Å². The number of carbonyl (C=O) groups excluding carboxylic acids is 1. The lowest BCUT2D eigenvalue weighted by Gasteiger charge is -2.23. The summed E-state index contributed by atoms with van der Waals surface area (Å²) in [5, 5.41) is 8.99. The van der Waals surface area contributed by atoms with Crippen molar-refractivity contribution < 1.29 is 14.3 Å². The third-order valence-electron chi connectivity index (χ3n) is 6.27. The van der Waals surface area contributed by atoms with Crippen LogP contribution in [0.4, 0.5) is 0 Å². The second-order valence-corrected chi connectivity index (χ2v) is 8.76. The summed E-state index contributed by atoms with van der Waals surface area (Å²) in [5.74, 6) is 1.29. The average Bonchev–Trinajstić information content (AvgIpc) is 2.84. The van der Waals surface area contributed by atoms with Gasteiger partial charge in [-0.15, -0.1) is 0 Å². The Labute approximate surface area is 192 Å². The number of esters is 1. The van der Waals surface area contributed by atoms with Gasteiger partial charge >= 0.3 is 5.97 Å². The van der Waals surface area contributed by atoms with Gasteiger partial charge in [0.15, 0.2) is 0 Å². The fraction of sp³-hybridized carbons (Fsp3) is 0.500. The fourth-order valence-electron chi connectivity index (χ4n) is 4.19. The van der Waals surface area contributed by atoms with Crippen molar-refractivity contribution in [1.82, 2.24) is 0 Å². The molecule has 170 valence electrons. The van der Waals surface area contributed by atoms with Crippen molar-refractivity contribution >= 4 is 5.97 Å². The minimum absolute atomic E-state index is 0.0886. The highest BCUT2D eigenvalue weighted by atomic mass is 16.5. The Morgan fingerprint density at radius 3 is 2.00 bits per heavy atom. The zero-order valence-electron chi connectivity index (χ0n) is 19.2. The molecule has 0 aliphatic heterocycles. The van der Waals surface area contributed by atoms with Crippen LogP contribution in [-0.4, -0.2) is 12.6 Å². The summed E-state index contributed by atoms with van der Waals surface area (Å²) in [6, 6.07) is 18.1. The van der Waals surface area contributed by atoms with E-state index in [0.29, 0.717) is 5.75 Å². The molecule has 3 rings (SSSR count). The second-order valence-electron chi connectivity index (χ2n) is 8.76. The van der Waals surface area contributed by atoms with E-state index in [9.17, 15) is 4.79 Å². The minimum Gasteiger partial charge on any atom is -0.494 e. The van der Waals surface area contributed by atoms with Crippen LogP contribution in [0.1, 0.15) is 71.1 Å². The molecule has 1 aliphatic carbocycles. The molecule has 2 aromatic carbocycles. The van der Waals surface area contributed by atoms with E-state index in [2.05, 4.69) is 25.1 Å². The molecule has 0 aromatic heterocycles. The van der Waals surface area contributed by atoms with Crippen molar-refractivity contribution in [1.29, 1.82) is 5.26 Å². The summed E-state index contributed by atoms with van der Waals surface area (Å²) >= 11 is 0. The van der Waals surface area contributed by atoms with Crippen LogP contribution < -0.4 is 9.47 Å². The van der Waals surface area contributed by atoms with E-state index in [1.165, 1.54) is 32.1 Å². The zero-order chi connectivity index (χ0) is 22.6. The topological polar surface area (TPSA) is 59.3 Å². The van der Waals surface area contributed by atoms with Crippen LogP contribution in [-0.2, 0) is 4.79 Å². The Kier molecular flexibility index (Phi) is 9.62. The van der Waals surface area contributed by atoms with Gasteiger partial charge in [0.25, 0.3) is 0 Å². The average molecular weight is 434 g/mol. The SMILES string of the molecule is CCCCCCCCOc1ccc(-c2ccc(OC(=O)[C@H]3CC[C@H](C#N)CC3)cc2)cc1. The maximum atomic E-state index is 12.4. The Morgan fingerprint density at radius 1 is 0.844 bits per heavy atom. The first kappa shape index (κ1) is 23.9. The van der Waals surface area contributed by atoms with Crippen LogP contribution in [0.5, 0.6) is 11.5 Å². The molecule has 0 N–H and O–H groups in total. The zero-order valence-corrected chi connectivity index (χ0v) is 19.2. The number of ether oxygens (including phenoxy) is 2. The van der Waals surface area contributed by atoms with Gasteiger partial charge in [-0.1, -0.05) is 63.3 Å². The van der Waals surface area contributed by atoms with Gasteiger partial charge in [-0.25, -0.2) is 0 Å². The molecular formula is C28H35NO3. The van der Waals surface area contributed by atoms with E-state index in [-0.39, 0.29) is 17.8 Å². The monoisotopic (exact) mass is 433 g/mol. The number of rotatable bonds is 11. The maximum Gasteiger partial charge on any atom is 0.314 e. The van der Waals surface area contributed by atoms with Gasteiger partial charge in [-0.2, -0.15) is 5.26 Å². The number of benzene rings is 2. The molecule has 0 atom stereocenters. The van der Waals surface area contributed by atoms with Crippen LogP contribution in [0, 0.1) is 23.2 Å². The van der Waals surface area contributed by atoms with Crippen LogP contribution >= 0.6 is 0 Å². The lowest BCUT2D eigenvalue weighted by atomic mass is 9.83. The molecule has 2 aromatic rings. The smallest absolute Gasteiger partial charge is 0.314 e. The molecule has 0 amide bonds. The quantitative estimate of drug-likeness (QED) is 0.211. The van der Waals surface area contributed by atoms with Crippen LogP contribution in [0.15, 0.2) is 48.5 Å². The molecule has 4 heteroatoms. The number of carbonyl (C=O) groups is 1. The maximum absolute atomic E-state index is 12.4. The fourth-order valence-corrected chi connectivity index (χ4v) is 4.19. The Morgan fingerprint density at radius 2 is 1.41 bits per heavy atom. The normalized spacial score (nSPS) is 18.0. The van der Waals surface area contributed by atoms with Gasteiger partial charge in [-0.05, 0) is 67.5 Å². The van der Waals surface area contributed by atoms with Crippen LogP contribution in [0.25, 0.3) is 11.1 Å². The van der Waals surface area contributed by atoms with Gasteiger partial charge in [0.2, 0.25) is 0 Å². The van der Waals surface area contributed by atoms with Crippen molar-refractivity contribution in [2.24, 2.45) is 11.8 Å². The summed E-state index contributed by atoms with van der Waals surface area (Å²) in [6.07, 6.45) is 10.6. The van der Waals surface area contributed by atoms with E-state index in [0.717, 1.165) is 55.6 Å². The molecule has 1 aliphatic rings. The van der Waals surface area contributed by atoms with E-state index in [1.807, 2.05) is 36.4 Å². The summed E-state index contributed by atoms with van der Waals surface area (Å²) in [6.45, 7) is 3.00. The molecule has 0 spiro atoms. The molecule has 0 radical (unpaired) electrons. The van der Waals surface area contributed by atoms with Gasteiger partial charge in [0.1, 0.15) is 11.5 Å². The number of nitrogens with zero attached hydrogens (tertiary/aromatic N) is 1. The third-order valence-corrected chi connectivity index (χ3v) is 6.27. The Balaban J connectivity index is 1.43. The first-order valence-electron chi connectivity index (χ1n) is 12.1. The van der Waals surface area contributed by atoms with Gasteiger partial charge in [0, 0.05) is 5.92 Å². The largest absolute Gasteiger partial charge is 0.494 e. The molecular weight excluding hydrogens is 398 g/mol. The van der Waals surface area contributed by atoms with Gasteiger partial charge in [-0.3, -0.25) is 4.79 Å². The van der Waals surface area contributed by atoms with E-state index >= 15 is 0 Å². The second kappa shape index (κ2) is 12.9. The molecule has 0 unspecified atom stereocenters. The van der Waals surface area contributed by atoms with Gasteiger partial charge in [0.05, 0.1) is 18.6 Å². The molecule has 0 heterocycles. The molecule has 4 nitrogen and oxygen atoms in total. The highest BCUT2D eigenvalue weighted by Gasteiger charge is 2.27. The van der Waals surface area contributed by atoms with E-state index < -0.39 is 0 Å². The minimum atomic E-state index is -0.180. The van der Waals surface area contributed by atoms with Crippen molar-refractivity contribution in [3.8, 4) is 28.7 Å². The van der Waals surface area contributed by atoms with Crippen molar-refractivity contribution in [2.75, 3.05) is 6.61 Å². The van der Waals surface area contributed by atoms with E-state index in [1.54, 1.807) is 0 Å². The van der Waals surface area contributed by atoms with Gasteiger partial charge < -0.3 is 9.47 Å². The molecule has 1 saturated carbocycles. The highest BCUT2D eigenvalue weighted by molar-refractivity contribution is 5.75. The standard InChI is InChI=1S/C28H35NO3/c1-2-3-4-5-6-7-20-31-26-16-12-23(13-17-26)24-14-18-27(19-15-24)32-28(30)25-10-8-22(21-29)9-11-25/h12-19,22,25H,2-11,20H2,1H3/t22-,25-. The lowest BCUT2D eigenvalue weighted by Crippen LogP contribution is -2.25. The number of hydrogen-bond donors (Lipinski definition) is 0. The summed E-state index contributed by atoms with van der Waals surface area (Å²) in [7, 11) is 0. The van der Waals surface area contributed by atoms with Crippen LogP contribution in [0.2, 0.25) is 0 Å². The first-order valence-corrected chi connectivity index (χ1v) is 12.1. The Bertz CT molecular complexity index is 859. The van der Waals surface area contributed by atoms with Crippen molar-refractivity contribution in [3.05, 3.63) is 48.5 Å². The summed E-state index contributed by atoms with van der Waals surface area (Å²) in [4.78, 5) is 12.4. The lowest BCUT2D eigenvalue weighted by molar-refractivity contribution is -0.140. The van der Waals surface area contributed by atoms with E-state index in [4.69, 9.17) is 14.7 Å². The Hall–Kier alpha value is -2.80. The number of unbranched alkanes of at least 4 members (excludes halogenated alkanes) is 5. The molecule has 0 saturated heterocycles. The number of hydrogen-bond acceptors (Lipinski definition) is 4. The third kappa shape index (κ3) is 7.41. The highest BCUT2D eigenvalue weighted by Crippen LogP contribution is 2.30. The molecule has 32 heavy (non-hydrogen) atoms. The predicted octanol–water partition coefficient (Wildman–Crippen LogP) is 7.33. The molecule has 0 bridgehead atoms.